The van der Waals surface area contributed by atoms with Crippen LogP contribution in [0, 0.1) is 20.8 Å². The Bertz CT molecular complexity index is 647. The molecule has 0 atom stereocenters. The highest BCUT2D eigenvalue weighted by molar-refractivity contribution is 9.10. The average molecular weight is 324 g/mol. The summed E-state index contributed by atoms with van der Waals surface area (Å²) in [5, 5.41) is 0. The van der Waals surface area contributed by atoms with Crippen LogP contribution in [0.1, 0.15) is 16.7 Å². The minimum Gasteiger partial charge on any atom is -0.496 e. The van der Waals surface area contributed by atoms with E-state index < -0.39 is 0 Å². The second kappa shape index (κ2) is 4.89. The second-order valence-corrected chi connectivity index (χ2v) is 5.44. The molecule has 0 saturated heterocycles. The predicted molar refractivity (Wildman–Crippen MR) is 81.5 cm³/mol. The molecule has 0 spiro atoms. The van der Waals surface area contributed by atoms with Crippen molar-refractivity contribution in [3.05, 3.63) is 27.4 Å². The summed E-state index contributed by atoms with van der Waals surface area (Å²) < 4.78 is 8.10. The Morgan fingerprint density at radius 2 is 1.89 bits per heavy atom. The first-order valence-electron chi connectivity index (χ1n) is 6.01. The summed E-state index contributed by atoms with van der Waals surface area (Å²) in [6.07, 6.45) is 0. The quantitative estimate of drug-likeness (QED) is 0.921. The summed E-state index contributed by atoms with van der Waals surface area (Å²) in [6.45, 7) is 6.20. The molecule has 1 heterocycles. The van der Waals surface area contributed by atoms with E-state index in [1.54, 1.807) is 7.11 Å². The number of aromatic nitrogens is 2. The van der Waals surface area contributed by atoms with Gasteiger partial charge in [-0.1, -0.05) is 0 Å². The van der Waals surface area contributed by atoms with E-state index in [4.69, 9.17) is 10.5 Å². The third-order valence-corrected chi connectivity index (χ3v) is 4.13. The molecular formula is C14H18BrN3O. The first kappa shape index (κ1) is 13.9. The van der Waals surface area contributed by atoms with Gasteiger partial charge in [-0.15, -0.1) is 0 Å². The maximum absolute atomic E-state index is 5.86. The van der Waals surface area contributed by atoms with E-state index in [2.05, 4.69) is 40.8 Å². The standard InChI is InChI=1S/C14H18BrN3O/c1-7-6-10(8(2)9(3)12(7)19-5)11-13(15)17-14(16)18(11)4/h6H,1-5H3,(H2,16,17). The fraction of sp³-hybridized carbons (Fsp3) is 0.357. The van der Waals surface area contributed by atoms with Crippen molar-refractivity contribution < 1.29 is 4.74 Å². The van der Waals surface area contributed by atoms with Crippen LogP contribution in [0.3, 0.4) is 0 Å². The molecule has 0 radical (unpaired) electrons. The molecule has 1 aromatic carbocycles. The number of halogens is 1. The zero-order chi connectivity index (χ0) is 14.3. The number of imidazole rings is 1. The number of nitrogens with two attached hydrogens (primary N) is 1. The minimum atomic E-state index is 0.493. The van der Waals surface area contributed by atoms with Crippen LogP contribution in [-0.4, -0.2) is 16.7 Å². The van der Waals surface area contributed by atoms with Gasteiger partial charge in [0.25, 0.3) is 0 Å². The van der Waals surface area contributed by atoms with Crippen molar-refractivity contribution in [3.63, 3.8) is 0 Å². The molecule has 0 fully saturated rings. The minimum absolute atomic E-state index is 0.493. The molecule has 2 aromatic rings. The predicted octanol–water partition coefficient (Wildman–Crippen LogP) is 3.37. The van der Waals surface area contributed by atoms with Crippen LogP contribution in [0.2, 0.25) is 0 Å². The first-order valence-corrected chi connectivity index (χ1v) is 6.80. The molecule has 0 aliphatic rings. The topological polar surface area (TPSA) is 53.1 Å². The van der Waals surface area contributed by atoms with Gasteiger partial charge in [0.15, 0.2) is 0 Å². The first-order chi connectivity index (χ1) is 8.88. The molecular weight excluding hydrogens is 306 g/mol. The fourth-order valence-electron chi connectivity index (χ4n) is 2.39. The average Bonchev–Trinajstić information content (AvgIpc) is 2.59. The van der Waals surface area contributed by atoms with E-state index in [9.17, 15) is 0 Å². The van der Waals surface area contributed by atoms with Crippen LogP contribution in [0.4, 0.5) is 5.95 Å². The number of anilines is 1. The molecule has 2 N–H and O–H groups in total. The van der Waals surface area contributed by atoms with Crippen molar-refractivity contribution in [1.29, 1.82) is 0 Å². The number of aryl methyl sites for hydroxylation is 1. The van der Waals surface area contributed by atoms with E-state index in [0.717, 1.165) is 32.7 Å². The fourth-order valence-corrected chi connectivity index (χ4v) is 3.05. The van der Waals surface area contributed by atoms with Gasteiger partial charge in [0.2, 0.25) is 5.95 Å². The summed E-state index contributed by atoms with van der Waals surface area (Å²) in [7, 11) is 3.61. The van der Waals surface area contributed by atoms with Crippen molar-refractivity contribution >= 4 is 21.9 Å². The van der Waals surface area contributed by atoms with Crippen molar-refractivity contribution in [2.24, 2.45) is 7.05 Å². The lowest BCUT2D eigenvalue weighted by Crippen LogP contribution is -2.02. The third-order valence-electron chi connectivity index (χ3n) is 3.57. The smallest absolute Gasteiger partial charge is 0.201 e. The zero-order valence-electron chi connectivity index (χ0n) is 11.8. The van der Waals surface area contributed by atoms with Crippen LogP contribution in [0.5, 0.6) is 5.75 Å². The largest absolute Gasteiger partial charge is 0.496 e. The van der Waals surface area contributed by atoms with Crippen molar-refractivity contribution in [1.82, 2.24) is 9.55 Å². The van der Waals surface area contributed by atoms with Gasteiger partial charge >= 0.3 is 0 Å². The van der Waals surface area contributed by atoms with Crippen LogP contribution in [0.25, 0.3) is 11.3 Å². The Labute approximate surface area is 121 Å². The molecule has 0 bridgehead atoms. The molecule has 2 rings (SSSR count). The SMILES string of the molecule is COc1c(C)cc(-c2c(Br)nc(N)n2C)c(C)c1C. The Morgan fingerprint density at radius 3 is 2.37 bits per heavy atom. The molecule has 1 aromatic heterocycles. The summed E-state index contributed by atoms with van der Waals surface area (Å²) in [4.78, 5) is 4.26. The number of nitrogens with zero attached hydrogens (tertiary/aromatic N) is 2. The Morgan fingerprint density at radius 1 is 1.26 bits per heavy atom. The lowest BCUT2D eigenvalue weighted by atomic mass is 9.97. The number of benzene rings is 1. The molecule has 0 amide bonds. The maximum Gasteiger partial charge on any atom is 0.201 e. The number of ether oxygens (including phenoxy) is 1. The number of nitrogen functional groups attached to an aromatic ring is 1. The summed E-state index contributed by atoms with van der Waals surface area (Å²) in [5.41, 5.74) is 11.4. The number of hydrogen-bond acceptors (Lipinski definition) is 3. The van der Waals surface area contributed by atoms with E-state index >= 15 is 0 Å². The maximum atomic E-state index is 5.86. The lowest BCUT2D eigenvalue weighted by molar-refractivity contribution is 0.408. The highest BCUT2D eigenvalue weighted by atomic mass is 79.9. The normalized spacial score (nSPS) is 10.8. The van der Waals surface area contributed by atoms with Crippen LogP contribution < -0.4 is 10.5 Å². The molecule has 4 nitrogen and oxygen atoms in total. The molecule has 5 heteroatoms. The van der Waals surface area contributed by atoms with Gasteiger partial charge in [-0.2, -0.15) is 0 Å². The van der Waals surface area contributed by atoms with E-state index in [-0.39, 0.29) is 0 Å². The van der Waals surface area contributed by atoms with Crippen molar-refractivity contribution in [2.75, 3.05) is 12.8 Å². The number of rotatable bonds is 2. The van der Waals surface area contributed by atoms with Gasteiger partial charge in [0, 0.05) is 12.6 Å². The van der Waals surface area contributed by atoms with Crippen LogP contribution in [-0.2, 0) is 7.05 Å². The van der Waals surface area contributed by atoms with Gasteiger partial charge < -0.3 is 15.0 Å². The molecule has 0 saturated carbocycles. The van der Waals surface area contributed by atoms with Crippen LogP contribution >= 0.6 is 15.9 Å². The van der Waals surface area contributed by atoms with E-state index in [0.29, 0.717) is 5.95 Å². The highest BCUT2D eigenvalue weighted by Crippen LogP contribution is 2.37. The Kier molecular flexibility index (Phi) is 3.58. The molecule has 0 unspecified atom stereocenters. The molecule has 0 aliphatic carbocycles. The lowest BCUT2D eigenvalue weighted by Gasteiger charge is -2.16. The molecule has 102 valence electrons. The van der Waals surface area contributed by atoms with Gasteiger partial charge in [0.05, 0.1) is 12.8 Å². The third kappa shape index (κ3) is 2.12. The summed E-state index contributed by atoms with van der Waals surface area (Å²) in [5.74, 6) is 1.43. The summed E-state index contributed by atoms with van der Waals surface area (Å²) in [6, 6.07) is 2.11. The Balaban J connectivity index is 2.77. The van der Waals surface area contributed by atoms with Gasteiger partial charge in [-0.3, -0.25) is 0 Å². The number of hydrogen-bond donors (Lipinski definition) is 1. The van der Waals surface area contributed by atoms with Crippen LogP contribution in [0.15, 0.2) is 10.7 Å². The number of methoxy groups -OCH3 is 1. The van der Waals surface area contributed by atoms with Gasteiger partial charge in [0.1, 0.15) is 10.4 Å². The highest BCUT2D eigenvalue weighted by Gasteiger charge is 2.18. The monoisotopic (exact) mass is 323 g/mol. The van der Waals surface area contributed by atoms with Gasteiger partial charge in [-0.05, 0) is 59.5 Å². The molecule has 0 aliphatic heterocycles. The summed E-state index contributed by atoms with van der Waals surface area (Å²) >= 11 is 3.48. The van der Waals surface area contributed by atoms with E-state index in [1.165, 1.54) is 5.56 Å². The van der Waals surface area contributed by atoms with Crippen molar-refractivity contribution in [3.8, 4) is 17.0 Å². The Hall–Kier alpha value is -1.49. The second-order valence-electron chi connectivity index (χ2n) is 4.69. The molecule has 19 heavy (non-hydrogen) atoms. The van der Waals surface area contributed by atoms with Crippen molar-refractivity contribution in [2.45, 2.75) is 20.8 Å². The van der Waals surface area contributed by atoms with E-state index in [1.807, 2.05) is 18.5 Å². The zero-order valence-corrected chi connectivity index (χ0v) is 13.4. The van der Waals surface area contributed by atoms with Gasteiger partial charge in [-0.25, -0.2) is 4.98 Å².